The monoisotopic (exact) mass is 252 g/mol. The van der Waals surface area contributed by atoms with Crippen molar-refractivity contribution in [2.75, 3.05) is 11.9 Å². The van der Waals surface area contributed by atoms with E-state index in [4.69, 9.17) is 4.74 Å². The molecule has 0 fully saturated rings. The van der Waals surface area contributed by atoms with Gasteiger partial charge in [-0.3, -0.25) is 10.1 Å². The summed E-state index contributed by atoms with van der Waals surface area (Å²) in [6.45, 7) is 6.32. The van der Waals surface area contributed by atoms with E-state index in [1.807, 2.05) is 13.8 Å². The average Bonchev–Trinajstić information content (AvgIpc) is 2.29. The Balaban J connectivity index is 3.02. The SMILES string of the molecule is CCCC(C)Nc1cccc(OCC)c1[N+](=O)[O-]. The first-order valence-electron chi connectivity index (χ1n) is 6.26. The number of rotatable bonds is 7. The summed E-state index contributed by atoms with van der Waals surface area (Å²) in [5.74, 6) is 0.316. The summed E-state index contributed by atoms with van der Waals surface area (Å²) >= 11 is 0. The Morgan fingerprint density at radius 1 is 1.44 bits per heavy atom. The van der Waals surface area contributed by atoms with Crippen molar-refractivity contribution in [2.45, 2.75) is 39.7 Å². The smallest absolute Gasteiger partial charge is 0.333 e. The molecule has 0 radical (unpaired) electrons. The highest BCUT2D eigenvalue weighted by Gasteiger charge is 2.21. The number of nitro benzene ring substituents is 1. The van der Waals surface area contributed by atoms with Crippen LogP contribution in [0.5, 0.6) is 5.75 Å². The molecule has 100 valence electrons. The van der Waals surface area contributed by atoms with Gasteiger partial charge in [-0.1, -0.05) is 19.4 Å². The molecular formula is C13H20N2O3. The predicted octanol–water partition coefficient (Wildman–Crippen LogP) is 3.59. The van der Waals surface area contributed by atoms with Crippen molar-refractivity contribution >= 4 is 11.4 Å². The van der Waals surface area contributed by atoms with Crippen molar-refractivity contribution in [3.05, 3.63) is 28.3 Å². The molecule has 0 aliphatic carbocycles. The second-order valence-corrected chi connectivity index (χ2v) is 4.18. The lowest BCUT2D eigenvalue weighted by Crippen LogP contribution is -2.15. The number of ether oxygens (including phenoxy) is 1. The highest BCUT2D eigenvalue weighted by Crippen LogP contribution is 2.35. The number of hydrogen-bond acceptors (Lipinski definition) is 4. The van der Waals surface area contributed by atoms with E-state index >= 15 is 0 Å². The Bertz CT molecular complexity index is 407. The van der Waals surface area contributed by atoms with Crippen molar-refractivity contribution in [2.24, 2.45) is 0 Å². The van der Waals surface area contributed by atoms with Crippen LogP contribution in [-0.4, -0.2) is 17.6 Å². The molecule has 0 aliphatic heterocycles. The fourth-order valence-corrected chi connectivity index (χ4v) is 1.87. The van der Waals surface area contributed by atoms with Crippen molar-refractivity contribution in [3.8, 4) is 5.75 Å². The number of nitrogens with zero attached hydrogens (tertiary/aromatic N) is 1. The molecule has 1 rings (SSSR count). The Kier molecular flexibility index (Phi) is 5.42. The zero-order chi connectivity index (χ0) is 13.5. The summed E-state index contributed by atoms with van der Waals surface area (Å²) in [7, 11) is 0. The van der Waals surface area contributed by atoms with Gasteiger partial charge in [0.05, 0.1) is 11.5 Å². The molecule has 0 aromatic heterocycles. The minimum absolute atomic E-state index is 0.0160. The van der Waals surface area contributed by atoms with E-state index in [2.05, 4.69) is 12.2 Å². The van der Waals surface area contributed by atoms with E-state index in [9.17, 15) is 10.1 Å². The van der Waals surface area contributed by atoms with Gasteiger partial charge in [0.25, 0.3) is 0 Å². The van der Waals surface area contributed by atoms with Crippen molar-refractivity contribution < 1.29 is 9.66 Å². The van der Waals surface area contributed by atoms with Crippen LogP contribution in [0, 0.1) is 10.1 Å². The summed E-state index contributed by atoms with van der Waals surface area (Å²) in [4.78, 5) is 10.7. The Morgan fingerprint density at radius 3 is 2.72 bits per heavy atom. The molecule has 18 heavy (non-hydrogen) atoms. The number of para-hydroxylation sites is 1. The zero-order valence-electron chi connectivity index (χ0n) is 11.1. The molecule has 1 aromatic rings. The van der Waals surface area contributed by atoms with Gasteiger partial charge in [-0.2, -0.15) is 0 Å². The van der Waals surface area contributed by atoms with Gasteiger partial charge in [0.2, 0.25) is 0 Å². The van der Waals surface area contributed by atoms with Gasteiger partial charge in [0.1, 0.15) is 5.69 Å². The quantitative estimate of drug-likeness (QED) is 0.595. The number of nitrogens with one attached hydrogen (secondary N) is 1. The van der Waals surface area contributed by atoms with Crippen LogP contribution in [0.15, 0.2) is 18.2 Å². The molecule has 0 saturated carbocycles. The number of benzene rings is 1. The third-order valence-electron chi connectivity index (χ3n) is 2.61. The third-order valence-corrected chi connectivity index (χ3v) is 2.61. The summed E-state index contributed by atoms with van der Waals surface area (Å²) in [5.41, 5.74) is 0.536. The minimum Gasteiger partial charge on any atom is -0.487 e. The molecule has 0 heterocycles. The first-order chi connectivity index (χ1) is 8.60. The van der Waals surface area contributed by atoms with Crippen LogP contribution in [0.1, 0.15) is 33.6 Å². The molecule has 1 unspecified atom stereocenters. The van der Waals surface area contributed by atoms with Gasteiger partial charge in [0, 0.05) is 6.04 Å². The minimum atomic E-state index is -0.397. The van der Waals surface area contributed by atoms with Crippen LogP contribution < -0.4 is 10.1 Å². The van der Waals surface area contributed by atoms with Gasteiger partial charge >= 0.3 is 5.69 Å². The highest BCUT2D eigenvalue weighted by atomic mass is 16.6. The number of hydrogen-bond donors (Lipinski definition) is 1. The van der Waals surface area contributed by atoms with E-state index in [0.717, 1.165) is 12.8 Å². The molecule has 1 N–H and O–H groups in total. The number of anilines is 1. The highest BCUT2D eigenvalue weighted by molar-refractivity contribution is 5.68. The third kappa shape index (κ3) is 3.61. The van der Waals surface area contributed by atoms with Gasteiger partial charge < -0.3 is 10.1 Å². The van der Waals surface area contributed by atoms with Crippen LogP contribution in [0.2, 0.25) is 0 Å². The van der Waals surface area contributed by atoms with Crippen LogP contribution in [0.25, 0.3) is 0 Å². The molecular weight excluding hydrogens is 232 g/mol. The fourth-order valence-electron chi connectivity index (χ4n) is 1.87. The average molecular weight is 252 g/mol. The van der Waals surface area contributed by atoms with Crippen LogP contribution in [-0.2, 0) is 0 Å². The molecule has 0 aliphatic rings. The van der Waals surface area contributed by atoms with E-state index in [0.29, 0.717) is 18.0 Å². The van der Waals surface area contributed by atoms with Gasteiger partial charge in [-0.25, -0.2) is 0 Å². The van der Waals surface area contributed by atoms with E-state index in [-0.39, 0.29) is 11.7 Å². The lowest BCUT2D eigenvalue weighted by molar-refractivity contribution is -0.385. The first-order valence-corrected chi connectivity index (χ1v) is 6.26. The van der Waals surface area contributed by atoms with E-state index in [1.54, 1.807) is 18.2 Å². The lowest BCUT2D eigenvalue weighted by atomic mass is 10.1. The van der Waals surface area contributed by atoms with Gasteiger partial charge in [-0.05, 0) is 32.4 Å². The standard InChI is InChI=1S/C13H20N2O3/c1-4-7-10(3)14-11-8-6-9-12(18-5-2)13(11)15(16)17/h6,8-10,14H,4-5,7H2,1-3H3. The van der Waals surface area contributed by atoms with E-state index < -0.39 is 4.92 Å². The molecule has 1 atom stereocenters. The molecule has 0 amide bonds. The molecule has 1 aromatic carbocycles. The molecule has 0 saturated heterocycles. The maximum atomic E-state index is 11.1. The summed E-state index contributed by atoms with van der Waals surface area (Å²) in [6.07, 6.45) is 2.00. The second kappa shape index (κ2) is 6.83. The molecule has 0 spiro atoms. The van der Waals surface area contributed by atoms with Crippen molar-refractivity contribution in [1.29, 1.82) is 0 Å². The first kappa shape index (κ1) is 14.3. The topological polar surface area (TPSA) is 64.4 Å². The Hall–Kier alpha value is -1.78. The predicted molar refractivity (Wildman–Crippen MR) is 72.3 cm³/mol. The maximum Gasteiger partial charge on any atom is 0.333 e. The molecule has 5 heteroatoms. The Labute approximate surface area is 107 Å². The maximum absolute atomic E-state index is 11.1. The summed E-state index contributed by atoms with van der Waals surface area (Å²) in [6, 6.07) is 5.30. The van der Waals surface area contributed by atoms with Gasteiger partial charge in [-0.15, -0.1) is 0 Å². The largest absolute Gasteiger partial charge is 0.487 e. The van der Waals surface area contributed by atoms with E-state index in [1.165, 1.54) is 0 Å². The van der Waals surface area contributed by atoms with Gasteiger partial charge in [0.15, 0.2) is 5.75 Å². The van der Waals surface area contributed by atoms with Crippen LogP contribution in [0.3, 0.4) is 0 Å². The van der Waals surface area contributed by atoms with Crippen molar-refractivity contribution in [3.63, 3.8) is 0 Å². The fraction of sp³-hybridized carbons (Fsp3) is 0.538. The Morgan fingerprint density at radius 2 is 2.17 bits per heavy atom. The van der Waals surface area contributed by atoms with Crippen LogP contribution >= 0.6 is 0 Å². The van der Waals surface area contributed by atoms with Crippen molar-refractivity contribution in [1.82, 2.24) is 0 Å². The molecule has 0 bridgehead atoms. The second-order valence-electron chi connectivity index (χ2n) is 4.18. The molecule has 5 nitrogen and oxygen atoms in total. The van der Waals surface area contributed by atoms with Crippen LogP contribution in [0.4, 0.5) is 11.4 Å². The zero-order valence-corrected chi connectivity index (χ0v) is 11.1. The normalized spacial score (nSPS) is 11.9. The summed E-state index contributed by atoms with van der Waals surface area (Å²) in [5, 5.41) is 14.3. The number of nitro groups is 1. The lowest BCUT2D eigenvalue weighted by Gasteiger charge is -2.15. The summed E-state index contributed by atoms with van der Waals surface area (Å²) < 4.78 is 5.30.